The molecule has 0 saturated carbocycles. The van der Waals surface area contributed by atoms with Gasteiger partial charge in [0.2, 0.25) is 0 Å². The van der Waals surface area contributed by atoms with Crippen molar-refractivity contribution in [2.75, 3.05) is 24.6 Å². The standard InChI is InChI=1S/C14H18FNO3/c1-4-16(9-14(18)19-5-2)13-7-6-11(10(3)17)8-12(13)15/h6-8H,4-5,9H2,1-3H3. The van der Waals surface area contributed by atoms with Crippen molar-refractivity contribution >= 4 is 17.4 Å². The maximum absolute atomic E-state index is 13.9. The molecule has 19 heavy (non-hydrogen) atoms. The average molecular weight is 267 g/mol. The molecule has 0 aromatic heterocycles. The van der Waals surface area contributed by atoms with Crippen LogP contribution in [0.15, 0.2) is 18.2 Å². The Morgan fingerprint density at radius 3 is 2.47 bits per heavy atom. The molecule has 0 amide bonds. The zero-order valence-electron chi connectivity index (χ0n) is 11.4. The van der Waals surface area contributed by atoms with E-state index in [0.717, 1.165) is 0 Å². The highest BCUT2D eigenvalue weighted by Crippen LogP contribution is 2.20. The topological polar surface area (TPSA) is 46.6 Å². The number of hydrogen-bond donors (Lipinski definition) is 0. The van der Waals surface area contributed by atoms with E-state index in [0.29, 0.717) is 24.4 Å². The summed E-state index contributed by atoms with van der Waals surface area (Å²) < 4.78 is 18.8. The molecule has 5 heteroatoms. The zero-order chi connectivity index (χ0) is 14.4. The summed E-state index contributed by atoms with van der Waals surface area (Å²) in [6, 6.07) is 4.24. The number of hydrogen-bond acceptors (Lipinski definition) is 4. The van der Waals surface area contributed by atoms with E-state index in [1.807, 2.05) is 6.92 Å². The van der Waals surface area contributed by atoms with Crippen molar-refractivity contribution in [3.63, 3.8) is 0 Å². The van der Waals surface area contributed by atoms with Gasteiger partial charge in [-0.3, -0.25) is 9.59 Å². The van der Waals surface area contributed by atoms with Crippen molar-refractivity contribution in [3.05, 3.63) is 29.6 Å². The monoisotopic (exact) mass is 267 g/mol. The number of halogens is 1. The Balaban J connectivity index is 2.92. The van der Waals surface area contributed by atoms with E-state index in [9.17, 15) is 14.0 Å². The Morgan fingerprint density at radius 2 is 2.00 bits per heavy atom. The Hall–Kier alpha value is -1.91. The van der Waals surface area contributed by atoms with Gasteiger partial charge in [-0.05, 0) is 39.0 Å². The highest BCUT2D eigenvalue weighted by atomic mass is 19.1. The first-order valence-corrected chi connectivity index (χ1v) is 6.20. The predicted octanol–water partition coefficient (Wildman–Crippen LogP) is 2.42. The number of benzene rings is 1. The van der Waals surface area contributed by atoms with E-state index in [4.69, 9.17) is 4.74 Å². The largest absolute Gasteiger partial charge is 0.465 e. The number of rotatable bonds is 6. The minimum Gasteiger partial charge on any atom is -0.465 e. The summed E-state index contributed by atoms with van der Waals surface area (Å²) in [6.45, 7) is 5.66. The molecule has 1 aromatic rings. The molecule has 4 nitrogen and oxygen atoms in total. The van der Waals surface area contributed by atoms with Crippen molar-refractivity contribution in [2.24, 2.45) is 0 Å². The minimum atomic E-state index is -0.515. The summed E-state index contributed by atoms with van der Waals surface area (Å²) in [6.07, 6.45) is 0. The smallest absolute Gasteiger partial charge is 0.325 e. The number of carbonyl (C=O) groups excluding carboxylic acids is 2. The number of anilines is 1. The molecule has 0 heterocycles. The van der Waals surface area contributed by atoms with Gasteiger partial charge in [0.05, 0.1) is 12.3 Å². The van der Waals surface area contributed by atoms with Gasteiger partial charge in [0.25, 0.3) is 0 Å². The maximum Gasteiger partial charge on any atom is 0.325 e. The number of ketones is 1. The number of likely N-dealkylation sites (N-methyl/N-ethyl adjacent to an activating group) is 1. The number of carbonyl (C=O) groups is 2. The lowest BCUT2D eigenvalue weighted by atomic mass is 10.1. The van der Waals surface area contributed by atoms with Crippen LogP contribution in [0.25, 0.3) is 0 Å². The van der Waals surface area contributed by atoms with E-state index >= 15 is 0 Å². The highest BCUT2D eigenvalue weighted by Gasteiger charge is 2.15. The van der Waals surface area contributed by atoms with E-state index < -0.39 is 11.8 Å². The molecule has 0 aliphatic carbocycles. The molecule has 0 bridgehead atoms. The normalized spacial score (nSPS) is 10.1. The van der Waals surface area contributed by atoms with Crippen LogP contribution in [0.1, 0.15) is 31.1 Å². The lowest BCUT2D eigenvalue weighted by Crippen LogP contribution is -2.31. The summed E-state index contributed by atoms with van der Waals surface area (Å²) in [5.74, 6) is -1.11. The molecule has 0 saturated heterocycles. The van der Waals surface area contributed by atoms with Crippen molar-refractivity contribution in [1.82, 2.24) is 0 Å². The average Bonchev–Trinajstić information content (AvgIpc) is 2.36. The van der Waals surface area contributed by atoms with Gasteiger partial charge in [-0.1, -0.05) is 0 Å². The Bertz CT molecular complexity index is 474. The molecule has 0 N–H and O–H groups in total. The molecule has 0 aliphatic heterocycles. The predicted molar refractivity (Wildman–Crippen MR) is 70.9 cm³/mol. The lowest BCUT2D eigenvalue weighted by molar-refractivity contribution is -0.141. The summed E-state index contributed by atoms with van der Waals surface area (Å²) in [5.41, 5.74) is 0.606. The van der Waals surface area contributed by atoms with Crippen molar-refractivity contribution in [1.29, 1.82) is 0 Å². The second kappa shape index (κ2) is 6.87. The van der Waals surface area contributed by atoms with Crippen LogP contribution in [-0.2, 0) is 9.53 Å². The van der Waals surface area contributed by atoms with E-state index in [1.165, 1.54) is 19.1 Å². The molecule has 0 spiro atoms. The first kappa shape index (κ1) is 15.1. The molecule has 0 atom stereocenters. The van der Waals surface area contributed by atoms with Crippen molar-refractivity contribution < 1.29 is 18.7 Å². The van der Waals surface area contributed by atoms with Crippen molar-refractivity contribution in [2.45, 2.75) is 20.8 Å². The summed E-state index contributed by atoms with van der Waals surface area (Å²) in [5, 5.41) is 0. The van der Waals surface area contributed by atoms with Gasteiger partial charge in [0.1, 0.15) is 12.4 Å². The fourth-order valence-corrected chi connectivity index (χ4v) is 1.71. The third-order valence-corrected chi connectivity index (χ3v) is 2.70. The molecule has 0 fully saturated rings. The first-order chi connectivity index (χ1) is 8.99. The second-order valence-corrected chi connectivity index (χ2v) is 4.04. The van der Waals surface area contributed by atoms with E-state index in [-0.39, 0.29) is 12.3 Å². The Labute approximate surface area is 112 Å². The molecule has 0 unspecified atom stereocenters. The van der Waals surface area contributed by atoms with Crippen LogP contribution in [0.3, 0.4) is 0 Å². The third-order valence-electron chi connectivity index (χ3n) is 2.70. The Kier molecular flexibility index (Phi) is 5.48. The zero-order valence-corrected chi connectivity index (χ0v) is 11.4. The van der Waals surface area contributed by atoms with Gasteiger partial charge >= 0.3 is 5.97 Å². The quantitative estimate of drug-likeness (QED) is 0.586. The van der Waals surface area contributed by atoms with Crippen LogP contribution < -0.4 is 4.90 Å². The van der Waals surface area contributed by atoms with Gasteiger partial charge in [0, 0.05) is 12.1 Å². The molecule has 0 radical (unpaired) electrons. The van der Waals surface area contributed by atoms with Crippen LogP contribution in [0.4, 0.5) is 10.1 Å². The first-order valence-electron chi connectivity index (χ1n) is 6.20. The third kappa shape index (κ3) is 4.05. The number of esters is 1. The fourth-order valence-electron chi connectivity index (χ4n) is 1.71. The van der Waals surface area contributed by atoms with Gasteiger partial charge < -0.3 is 9.64 Å². The van der Waals surface area contributed by atoms with Crippen LogP contribution in [0.5, 0.6) is 0 Å². The molecular formula is C14H18FNO3. The number of ether oxygens (including phenoxy) is 1. The Morgan fingerprint density at radius 1 is 1.32 bits per heavy atom. The molecule has 1 aromatic carbocycles. The molecule has 1 rings (SSSR count). The summed E-state index contributed by atoms with van der Waals surface area (Å²) in [4.78, 5) is 24.2. The minimum absolute atomic E-state index is 0.0132. The van der Waals surface area contributed by atoms with Crippen LogP contribution in [0, 0.1) is 5.82 Å². The van der Waals surface area contributed by atoms with Gasteiger partial charge in [-0.15, -0.1) is 0 Å². The molecular weight excluding hydrogens is 249 g/mol. The lowest BCUT2D eigenvalue weighted by Gasteiger charge is -2.22. The summed E-state index contributed by atoms with van der Waals surface area (Å²) >= 11 is 0. The van der Waals surface area contributed by atoms with E-state index in [2.05, 4.69) is 0 Å². The molecule has 0 aliphatic rings. The number of Topliss-reactive ketones (excluding diaryl/α,β-unsaturated/α-hetero) is 1. The van der Waals surface area contributed by atoms with Gasteiger partial charge in [0.15, 0.2) is 5.78 Å². The van der Waals surface area contributed by atoms with Crippen LogP contribution >= 0.6 is 0 Å². The van der Waals surface area contributed by atoms with Crippen molar-refractivity contribution in [3.8, 4) is 0 Å². The highest BCUT2D eigenvalue weighted by molar-refractivity contribution is 5.94. The summed E-state index contributed by atoms with van der Waals surface area (Å²) in [7, 11) is 0. The van der Waals surface area contributed by atoms with Gasteiger partial charge in [-0.25, -0.2) is 4.39 Å². The maximum atomic E-state index is 13.9. The number of nitrogens with zero attached hydrogens (tertiary/aromatic N) is 1. The SMILES string of the molecule is CCOC(=O)CN(CC)c1ccc(C(C)=O)cc1F. The van der Waals surface area contributed by atoms with Gasteiger partial charge in [-0.2, -0.15) is 0 Å². The van der Waals surface area contributed by atoms with E-state index in [1.54, 1.807) is 17.9 Å². The molecule has 104 valence electrons. The second-order valence-electron chi connectivity index (χ2n) is 4.04. The van der Waals surface area contributed by atoms with Crippen LogP contribution in [0.2, 0.25) is 0 Å². The fraction of sp³-hybridized carbons (Fsp3) is 0.429. The van der Waals surface area contributed by atoms with Crippen LogP contribution in [-0.4, -0.2) is 31.4 Å².